The lowest BCUT2D eigenvalue weighted by molar-refractivity contribution is 0.422. The van der Waals surface area contributed by atoms with Crippen LogP contribution in [-0.2, 0) is 0 Å². The Morgan fingerprint density at radius 2 is 1.44 bits per heavy atom. The molecule has 0 aliphatic heterocycles. The van der Waals surface area contributed by atoms with Gasteiger partial charge in [0.1, 0.15) is 0 Å². The van der Waals surface area contributed by atoms with E-state index >= 15 is 0 Å². The van der Waals surface area contributed by atoms with Gasteiger partial charge in [0, 0.05) is 0 Å². The first-order valence-corrected chi connectivity index (χ1v) is 3.22. The molecule has 0 aromatic rings. The third-order valence-electron chi connectivity index (χ3n) is 1.58. The van der Waals surface area contributed by atoms with Crippen LogP contribution in [0.1, 0.15) is 26.7 Å². The van der Waals surface area contributed by atoms with Crippen LogP contribution in [0.4, 0.5) is 12.9 Å². The van der Waals surface area contributed by atoms with Gasteiger partial charge in [-0.25, -0.2) is 0 Å². The molecular weight excluding hydrogens is 128 g/mol. The molecule has 0 N–H and O–H groups in total. The summed E-state index contributed by atoms with van der Waals surface area (Å²) in [6.07, 6.45) is 0.444. The van der Waals surface area contributed by atoms with Crippen molar-refractivity contribution in [1.29, 1.82) is 0 Å². The van der Waals surface area contributed by atoms with Crippen LogP contribution in [0, 0.1) is 0 Å². The van der Waals surface area contributed by atoms with E-state index < -0.39 is 12.8 Å². The topological polar surface area (TPSA) is 0 Å². The predicted molar refractivity (Wildman–Crippen MR) is 33.4 cm³/mol. The average Bonchev–Trinajstić information content (AvgIpc) is 1.65. The van der Waals surface area contributed by atoms with Gasteiger partial charge in [-0.15, -0.1) is 0 Å². The Morgan fingerprint density at radius 3 is 1.44 bits per heavy atom. The molecule has 0 aromatic heterocycles. The summed E-state index contributed by atoms with van der Waals surface area (Å²) >= 11 is 0. The molecule has 56 valence electrons. The van der Waals surface area contributed by atoms with Crippen molar-refractivity contribution in [3.8, 4) is 0 Å². The first kappa shape index (κ1) is 8.85. The molecule has 9 heavy (non-hydrogen) atoms. The SMILES string of the molecule is CCC(CC)[B-](F)(F)F. The van der Waals surface area contributed by atoms with Gasteiger partial charge in [0.25, 0.3) is 0 Å². The van der Waals surface area contributed by atoms with Crippen molar-refractivity contribution in [1.82, 2.24) is 0 Å². The highest BCUT2D eigenvalue weighted by atomic mass is 19.4. The predicted octanol–water partition coefficient (Wildman–Crippen LogP) is 3.02. The minimum atomic E-state index is -4.57. The molecule has 4 heteroatoms. The lowest BCUT2D eigenvalue weighted by Crippen LogP contribution is -2.22. The molecule has 0 saturated carbocycles. The van der Waals surface area contributed by atoms with Crippen LogP contribution in [0.25, 0.3) is 0 Å². The van der Waals surface area contributed by atoms with Crippen LogP contribution in [-0.4, -0.2) is 6.98 Å². The van der Waals surface area contributed by atoms with Crippen LogP contribution in [0.15, 0.2) is 0 Å². The van der Waals surface area contributed by atoms with E-state index in [1.807, 2.05) is 0 Å². The van der Waals surface area contributed by atoms with Crippen LogP contribution in [0.2, 0.25) is 5.82 Å². The molecule has 0 radical (unpaired) electrons. The molecule has 0 aliphatic carbocycles. The molecule has 0 rings (SSSR count). The molecule has 0 nitrogen and oxygen atoms in total. The molecule has 0 bridgehead atoms. The van der Waals surface area contributed by atoms with Crippen LogP contribution in [0.5, 0.6) is 0 Å². The van der Waals surface area contributed by atoms with Gasteiger partial charge in [0.05, 0.1) is 0 Å². The quantitative estimate of drug-likeness (QED) is 0.527. The van der Waals surface area contributed by atoms with E-state index in [0.29, 0.717) is 0 Å². The lowest BCUT2D eigenvalue weighted by Gasteiger charge is -2.23. The maximum absolute atomic E-state index is 11.8. The Morgan fingerprint density at radius 1 is 1.11 bits per heavy atom. The van der Waals surface area contributed by atoms with Crippen molar-refractivity contribution < 1.29 is 12.9 Å². The third kappa shape index (κ3) is 2.77. The largest absolute Gasteiger partial charge is 0.481 e. The lowest BCUT2D eigenvalue weighted by atomic mass is 9.69. The maximum Gasteiger partial charge on any atom is 0.481 e. The normalized spacial score (nSPS) is 12.7. The van der Waals surface area contributed by atoms with Gasteiger partial charge in [-0.05, 0) is 0 Å². The minimum Gasteiger partial charge on any atom is -0.449 e. The number of hydrogen-bond acceptors (Lipinski definition) is 0. The monoisotopic (exact) mass is 139 g/mol. The summed E-state index contributed by atoms with van der Waals surface area (Å²) in [5.41, 5.74) is 0. The Balaban J connectivity index is 3.79. The molecule has 0 spiro atoms. The van der Waals surface area contributed by atoms with Crippen molar-refractivity contribution in [2.24, 2.45) is 0 Å². The summed E-state index contributed by atoms with van der Waals surface area (Å²) in [7, 11) is 0. The van der Waals surface area contributed by atoms with Gasteiger partial charge >= 0.3 is 6.98 Å². The summed E-state index contributed by atoms with van der Waals surface area (Å²) in [5.74, 6) is -1.04. The van der Waals surface area contributed by atoms with Crippen LogP contribution < -0.4 is 0 Å². The second kappa shape index (κ2) is 3.13. The molecule has 0 heterocycles. The van der Waals surface area contributed by atoms with E-state index in [0.717, 1.165) is 0 Å². The van der Waals surface area contributed by atoms with Crippen LogP contribution in [0.3, 0.4) is 0 Å². The van der Waals surface area contributed by atoms with Gasteiger partial charge in [-0.2, -0.15) is 0 Å². The van der Waals surface area contributed by atoms with Gasteiger partial charge in [0.2, 0.25) is 0 Å². The van der Waals surface area contributed by atoms with E-state index in [-0.39, 0.29) is 12.8 Å². The Bertz CT molecular complexity index is 74.8. The highest BCUT2D eigenvalue weighted by molar-refractivity contribution is 6.60. The zero-order chi connectivity index (χ0) is 7.49. The van der Waals surface area contributed by atoms with Gasteiger partial charge in [-0.1, -0.05) is 32.5 Å². The zero-order valence-electron chi connectivity index (χ0n) is 5.70. The fourth-order valence-corrected chi connectivity index (χ4v) is 0.823. The minimum absolute atomic E-state index is 0.222. The standard InChI is InChI=1S/C5H11BF3/c1-3-5(4-2)6(7,8)9/h5H,3-4H2,1-2H3/q-1. The molecule has 0 atom stereocenters. The summed E-state index contributed by atoms with van der Waals surface area (Å²) in [6.45, 7) is -1.42. The fraction of sp³-hybridized carbons (Fsp3) is 1.00. The van der Waals surface area contributed by atoms with Crippen molar-refractivity contribution >= 4 is 6.98 Å². The van der Waals surface area contributed by atoms with Gasteiger partial charge < -0.3 is 12.9 Å². The first-order valence-electron chi connectivity index (χ1n) is 3.22. The van der Waals surface area contributed by atoms with Crippen LogP contribution >= 0.6 is 0 Å². The van der Waals surface area contributed by atoms with Crippen molar-refractivity contribution in [3.63, 3.8) is 0 Å². The summed E-state index contributed by atoms with van der Waals surface area (Å²) < 4.78 is 35.3. The van der Waals surface area contributed by atoms with Crippen molar-refractivity contribution in [3.05, 3.63) is 0 Å². The number of hydrogen-bond donors (Lipinski definition) is 0. The molecule has 0 unspecified atom stereocenters. The maximum atomic E-state index is 11.8. The first-order chi connectivity index (χ1) is 4.02. The molecule has 0 aliphatic rings. The second-order valence-corrected chi connectivity index (χ2v) is 2.20. The number of rotatable bonds is 3. The third-order valence-corrected chi connectivity index (χ3v) is 1.58. The molecule has 0 saturated heterocycles. The average molecular weight is 139 g/mol. The highest BCUT2D eigenvalue weighted by Crippen LogP contribution is 2.31. The van der Waals surface area contributed by atoms with E-state index in [4.69, 9.17) is 0 Å². The van der Waals surface area contributed by atoms with Crippen molar-refractivity contribution in [2.45, 2.75) is 32.5 Å². The second-order valence-electron chi connectivity index (χ2n) is 2.20. The Hall–Kier alpha value is -0.145. The number of halogens is 3. The Kier molecular flexibility index (Phi) is 3.08. The zero-order valence-corrected chi connectivity index (χ0v) is 5.70. The van der Waals surface area contributed by atoms with Gasteiger partial charge in [0.15, 0.2) is 0 Å². The van der Waals surface area contributed by atoms with E-state index in [2.05, 4.69) is 0 Å². The van der Waals surface area contributed by atoms with Gasteiger partial charge in [-0.3, -0.25) is 0 Å². The van der Waals surface area contributed by atoms with E-state index in [1.54, 1.807) is 13.8 Å². The van der Waals surface area contributed by atoms with Crippen molar-refractivity contribution in [2.75, 3.05) is 0 Å². The molecule has 0 amide bonds. The molecule has 0 fully saturated rings. The Labute approximate surface area is 53.5 Å². The summed E-state index contributed by atoms with van der Waals surface area (Å²) in [6, 6.07) is 0. The summed E-state index contributed by atoms with van der Waals surface area (Å²) in [4.78, 5) is 0. The molecular formula is C5H11BF3-. The smallest absolute Gasteiger partial charge is 0.449 e. The summed E-state index contributed by atoms with van der Waals surface area (Å²) in [5, 5.41) is 0. The molecule has 0 aromatic carbocycles. The highest BCUT2D eigenvalue weighted by Gasteiger charge is 2.31. The van der Waals surface area contributed by atoms with E-state index in [9.17, 15) is 12.9 Å². The van der Waals surface area contributed by atoms with E-state index in [1.165, 1.54) is 0 Å². The fourth-order valence-electron chi connectivity index (χ4n) is 0.823.